The molecule has 2 heterocycles. The van der Waals surface area contributed by atoms with Crippen LogP contribution in [-0.4, -0.2) is 78.3 Å². The molecule has 41 heavy (non-hydrogen) atoms. The van der Waals surface area contributed by atoms with E-state index in [0.29, 0.717) is 35.7 Å². The second kappa shape index (κ2) is 13.4. The van der Waals surface area contributed by atoms with E-state index in [1.54, 1.807) is 0 Å². The van der Waals surface area contributed by atoms with Crippen LogP contribution in [0.3, 0.4) is 0 Å². The molecular weight excluding hydrogens is 566 g/mol. The Bertz CT molecular complexity index is 1420. The first-order valence-electron chi connectivity index (χ1n) is 12.7. The van der Waals surface area contributed by atoms with Gasteiger partial charge in [-0.3, -0.25) is 5.32 Å². The molecule has 1 aromatic heterocycles. The van der Waals surface area contributed by atoms with E-state index < -0.39 is 11.9 Å². The number of piperazine rings is 1. The number of aryl methyl sites for hydroxylation is 2. The Morgan fingerprint density at radius 3 is 1.98 bits per heavy atom. The van der Waals surface area contributed by atoms with Gasteiger partial charge >= 0.3 is 11.9 Å². The number of nitrogens with one attached hydrogen (secondary N) is 2. The molecule has 2 N–H and O–H groups in total. The van der Waals surface area contributed by atoms with Crippen molar-refractivity contribution in [2.75, 3.05) is 55.9 Å². The maximum Gasteiger partial charge on any atom is 0.337 e. The molecule has 0 radical (unpaired) electrons. The first-order valence-corrected chi connectivity index (χ1v) is 13.5. The number of guanidine groups is 1. The fraction of sp³-hybridized carbons (Fsp3) is 0.286. The van der Waals surface area contributed by atoms with E-state index in [4.69, 9.17) is 33.3 Å². The lowest BCUT2D eigenvalue weighted by Crippen LogP contribution is -2.51. The molecule has 1 fully saturated rings. The number of esters is 2. The number of ether oxygens (including phenoxy) is 2. The third kappa shape index (κ3) is 7.89. The summed E-state index contributed by atoms with van der Waals surface area (Å²) in [7, 11) is 2.52. The molecule has 4 rings (SSSR count). The fourth-order valence-corrected chi connectivity index (χ4v) is 4.64. The zero-order valence-corrected chi connectivity index (χ0v) is 24.7. The fourth-order valence-electron chi connectivity index (χ4n) is 4.31. The van der Waals surface area contributed by atoms with E-state index in [0.717, 1.165) is 30.2 Å². The first kappa shape index (κ1) is 29.7. The largest absolute Gasteiger partial charge is 0.465 e. The molecule has 0 spiro atoms. The summed E-state index contributed by atoms with van der Waals surface area (Å²) < 4.78 is 9.64. The standard InChI is InChI=1S/C28H30ClN7O4S/c1-17-13-18(2)31-26(30-17)33-27(36-11-9-35(10-12-36)23-7-5-21(29)6-8-23)34-28(41)32-22-15-19(24(37)39-3)14-20(16-22)25(38)40-4/h5-8,13-16H,9-12H2,1-4H3,(H2,30,31,32,33,34,41). The average Bonchev–Trinajstić information content (AvgIpc) is 2.95. The molecule has 0 atom stereocenters. The number of anilines is 3. The molecule has 214 valence electrons. The van der Waals surface area contributed by atoms with Gasteiger partial charge in [0, 0.05) is 54.0 Å². The highest BCUT2D eigenvalue weighted by atomic mass is 35.5. The predicted octanol–water partition coefficient (Wildman–Crippen LogP) is 4.31. The molecule has 0 saturated carbocycles. The smallest absolute Gasteiger partial charge is 0.337 e. The second-order valence-corrected chi connectivity index (χ2v) is 10.0. The number of thiocarbonyl (C=S) groups is 1. The van der Waals surface area contributed by atoms with Crippen LogP contribution in [0.2, 0.25) is 5.02 Å². The van der Waals surface area contributed by atoms with Crippen LogP contribution in [-0.2, 0) is 9.47 Å². The summed E-state index contributed by atoms with van der Waals surface area (Å²) in [4.78, 5) is 42.4. The number of nitrogens with zero attached hydrogens (tertiary/aromatic N) is 5. The predicted molar refractivity (Wildman–Crippen MR) is 163 cm³/mol. The highest BCUT2D eigenvalue weighted by Gasteiger charge is 2.22. The number of benzene rings is 2. The molecule has 1 saturated heterocycles. The third-order valence-electron chi connectivity index (χ3n) is 6.21. The van der Waals surface area contributed by atoms with Gasteiger partial charge in [-0.05, 0) is 74.6 Å². The van der Waals surface area contributed by atoms with Gasteiger partial charge < -0.3 is 24.6 Å². The lowest BCUT2D eigenvalue weighted by molar-refractivity contribution is 0.0599. The van der Waals surface area contributed by atoms with Crippen LogP contribution in [0.4, 0.5) is 17.3 Å². The molecule has 1 aliphatic heterocycles. The number of carbonyl (C=O) groups is 2. The molecule has 0 unspecified atom stereocenters. The topological polar surface area (TPSA) is 121 Å². The van der Waals surface area contributed by atoms with Crippen LogP contribution < -0.4 is 15.5 Å². The second-order valence-electron chi connectivity index (χ2n) is 9.20. The lowest BCUT2D eigenvalue weighted by Gasteiger charge is -2.37. The van der Waals surface area contributed by atoms with Crippen molar-refractivity contribution in [3.05, 3.63) is 76.1 Å². The molecular formula is C28H30ClN7O4S. The van der Waals surface area contributed by atoms with Crippen molar-refractivity contribution in [1.29, 1.82) is 0 Å². The normalized spacial score (nSPS) is 13.4. The number of methoxy groups -OCH3 is 2. The van der Waals surface area contributed by atoms with Gasteiger partial charge in [-0.1, -0.05) is 11.6 Å². The summed E-state index contributed by atoms with van der Waals surface area (Å²) >= 11 is 11.6. The SMILES string of the molecule is COC(=O)c1cc(NC(=S)/N=C(/Nc2nc(C)cc(C)n2)N2CCN(c3ccc(Cl)cc3)CC2)cc(C(=O)OC)c1. The van der Waals surface area contributed by atoms with Crippen molar-refractivity contribution >= 4 is 64.2 Å². The van der Waals surface area contributed by atoms with E-state index in [9.17, 15) is 9.59 Å². The van der Waals surface area contributed by atoms with Crippen LogP contribution in [0.1, 0.15) is 32.1 Å². The number of aromatic nitrogens is 2. The number of rotatable bonds is 5. The molecule has 0 amide bonds. The van der Waals surface area contributed by atoms with Gasteiger partial charge in [0.25, 0.3) is 0 Å². The maximum atomic E-state index is 12.2. The minimum absolute atomic E-state index is 0.0924. The van der Waals surface area contributed by atoms with Crippen LogP contribution in [0.15, 0.2) is 53.5 Å². The minimum atomic E-state index is -0.610. The van der Waals surface area contributed by atoms with Crippen molar-refractivity contribution in [3.63, 3.8) is 0 Å². The summed E-state index contributed by atoms with van der Waals surface area (Å²) in [6, 6.07) is 14.1. The maximum absolute atomic E-state index is 12.2. The van der Waals surface area contributed by atoms with Crippen LogP contribution in [0.25, 0.3) is 0 Å². The van der Waals surface area contributed by atoms with Crippen LogP contribution in [0.5, 0.6) is 0 Å². The van der Waals surface area contributed by atoms with Crippen molar-refractivity contribution in [2.45, 2.75) is 13.8 Å². The van der Waals surface area contributed by atoms with Gasteiger partial charge in [-0.2, -0.15) is 4.99 Å². The van der Waals surface area contributed by atoms with Crippen LogP contribution >= 0.6 is 23.8 Å². The Hall–Kier alpha value is -4.29. The summed E-state index contributed by atoms with van der Waals surface area (Å²) in [5.41, 5.74) is 3.39. The zero-order chi connectivity index (χ0) is 29.5. The molecule has 13 heteroatoms. The third-order valence-corrected chi connectivity index (χ3v) is 6.66. The summed E-state index contributed by atoms with van der Waals surface area (Å²) in [5.74, 6) is -0.368. The quantitative estimate of drug-likeness (QED) is 0.190. The van der Waals surface area contributed by atoms with Gasteiger partial charge in [0.2, 0.25) is 17.0 Å². The molecule has 2 aromatic carbocycles. The van der Waals surface area contributed by atoms with Crippen molar-refractivity contribution in [2.24, 2.45) is 4.99 Å². The number of carbonyl (C=O) groups excluding carboxylic acids is 2. The molecule has 1 aliphatic rings. The van der Waals surface area contributed by atoms with Gasteiger partial charge in [-0.25, -0.2) is 19.6 Å². The van der Waals surface area contributed by atoms with Gasteiger partial charge in [0.1, 0.15) is 0 Å². The Balaban J connectivity index is 1.59. The van der Waals surface area contributed by atoms with Crippen molar-refractivity contribution in [3.8, 4) is 0 Å². The first-order chi connectivity index (χ1) is 19.6. The highest BCUT2D eigenvalue weighted by Crippen LogP contribution is 2.21. The van der Waals surface area contributed by atoms with E-state index in [1.807, 2.05) is 44.2 Å². The van der Waals surface area contributed by atoms with E-state index >= 15 is 0 Å². The van der Waals surface area contributed by atoms with E-state index in [1.165, 1.54) is 32.4 Å². The van der Waals surface area contributed by atoms with Crippen molar-refractivity contribution in [1.82, 2.24) is 14.9 Å². The molecule has 3 aromatic rings. The molecule has 0 bridgehead atoms. The number of halogens is 1. The Labute approximate surface area is 248 Å². The lowest BCUT2D eigenvalue weighted by atomic mass is 10.1. The van der Waals surface area contributed by atoms with Crippen LogP contribution in [0, 0.1) is 13.8 Å². The Kier molecular flexibility index (Phi) is 9.69. The highest BCUT2D eigenvalue weighted by molar-refractivity contribution is 7.80. The number of hydrogen-bond donors (Lipinski definition) is 2. The van der Waals surface area contributed by atoms with Crippen molar-refractivity contribution < 1.29 is 19.1 Å². The van der Waals surface area contributed by atoms with Gasteiger partial charge in [0.15, 0.2) is 0 Å². The number of hydrogen-bond acceptors (Lipinski definition) is 8. The van der Waals surface area contributed by atoms with E-state index in [2.05, 4.69) is 35.4 Å². The van der Waals surface area contributed by atoms with Gasteiger partial charge in [-0.15, -0.1) is 0 Å². The average molecular weight is 596 g/mol. The molecule has 11 nitrogen and oxygen atoms in total. The monoisotopic (exact) mass is 595 g/mol. The zero-order valence-electron chi connectivity index (χ0n) is 23.1. The minimum Gasteiger partial charge on any atom is -0.465 e. The molecule has 0 aliphatic carbocycles. The summed E-state index contributed by atoms with van der Waals surface area (Å²) in [6.07, 6.45) is 0. The Morgan fingerprint density at radius 2 is 1.44 bits per heavy atom. The number of aliphatic imine (C=N–C) groups is 1. The van der Waals surface area contributed by atoms with E-state index in [-0.39, 0.29) is 16.2 Å². The summed E-state index contributed by atoms with van der Waals surface area (Å²) in [6.45, 7) is 6.54. The van der Waals surface area contributed by atoms with Gasteiger partial charge in [0.05, 0.1) is 25.3 Å². The summed E-state index contributed by atoms with van der Waals surface area (Å²) in [5, 5.41) is 7.01. The Morgan fingerprint density at radius 1 is 0.878 bits per heavy atom.